The van der Waals surface area contributed by atoms with Gasteiger partial charge in [-0.15, -0.1) is 12.1 Å². The van der Waals surface area contributed by atoms with Gasteiger partial charge in [-0.25, -0.2) is 4.98 Å². The van der Waals surface area contributed by atoms with Crippen LogP contribution in [0.5, 0.6) is 11.5 Å². The molecule has 0 spiro atoms. The van der Waals surface area contributed by atoms with Crippen LogP contribution in [0.15, 0.2) is 97.8 Å². The van der Waals surface area contributed by atoms with Gasteiger partial charge in [0.1, 0.15) is 5.65 Å². The zero-order chi connectivity index (χ0) is 28.7. The van der Waals surface area contributed by atoms with E-state index in [-0.39, 0.29) is 21.1 Å². The Kier molecular flexibility index (Phi) is 6.00. The Labute approximate surface area is 266 Å². The molecule has 0 aliphatic rings. The van der Waals surface area contributed by atoms with Gasteiger partial charge in [-0.3, -0.25) is 15.0 Å². The first kappa shape index (κ1) is 26.5. The maximum atomic E-state index is 6.37. The van der Waals surface area contributed by atoms with Crippen LogP contribution in [0, 0.1) is 26.0 Å². The summed E-state index contributed by atoms with van der Waals surface area (Å²) in [5, 5.41) is 4.83. The normalized spacial score (nSPS) is 11.7. The van der Waals surface area contributed by atoms with Crippen molar-refractivity contribution in [1.29, 1.82) is 0 Å². The number of hydrogen-bond acceptors (Lipinski definition) is 5. The summed E-state index contributed by atoms with van der Waals surface area (Å²) < 4.78 is 10.5. The van der Waals surface area contributed by atoms with Gasteiger partial charge in [0.05, 0.1) is 16.8 Å². The van der Waals surface area contributed by atoms with E-state index in [2.05, 4.69) is 87.8 Å². The smallest absolute Gasteiger partial charge is 0.497 e. The van der Waals surface area contributed by atoms with E-state index in [1.54, 1.807) is 18.6 Å². The first-order valence-electron chi connectivity index (χ1n) is 14.1. The molecular weight excluding hydrogens is 728 g/mol. The van der Waals surface area contributed by atoms with Gasteiger partial charge in [0.25, 0.3) is 0 Å². The van der Waals surface area contributed by atoms with Crippen molar-refractivity contribution in [2.45, 2.75) is 13.8 Å². The van der Waals surface area contributed by atoms with E-state index < -0.39 is 0 Å². The fraction of sp³-hybridized carbons (Fsp3) is 0.0556. The summed E-state index contributed by atoms with van der Waals surface area (Å²) >= 11 is 0. The number of aryl methyl sites for hydroxylation is 2. The standard InChI is InChI=1S/C36H22N6O.Pt/c1-21-5-3-6-22(2)31(21)28-8-4-7-27-25-11-9-23(19-29(25)34-39-15-17-41(34)33(27)28)43-24-10-12-26-30(20-24)35-40-16-18-42(35)36-32(26)37-13-14-38-36;/h3-18H,1-2H3;/q-2;+2. The Bertz CT molecular complexity index is 2570. The first-order valence-corrected chi connectivity index (χ1v) is 14.1. The van der Waals surface area contributed by atoms with Gasteiger partial charge < -0.3 is 13.5 Å². The van der Waals surface area contributed by atoms with E-state index >= 15 is 0 Å². The first-order chi connectivity index (χ1) is 21.2. The predicted octanol–water partition coefficient (Wildman–Crippen LogP) is 8.06. The topological polar surface area (TPSA) is 69.6 Å². The maximum Gasteiger partial charge on any atom is 2.00 e. The van der Waals surface area contributed by atoms with Gasteiger partial charge in [0.15, 0.2) is 0 Å². The van der Waals surface area contributed by atoms with Crippen LogP contribution in [0.25, 0.3) is 66.0 Å². The van der Waals surface area contributed by atoms with Crippen molar-refractivity contribution < 1.29 is 25.8 Å². The van der Waals surface area contributed by atoms with Gasteiger partial charge in [-0.1, -0.05) is 82.2 Å². The fourth-order valence-electron chi connectivity index (χ4n) is 6.45. The number of pyridine rings is 2. The molecule has 0 saturated heterocycles. The van der Waals surface area contributed by atoms with E-state index in [0.29, 0.717) is 11.5 Å². The molecule has 5 heterocycles. The van der Waals surface area contributed by atoms with Crippen LogP contribution in [-0.4, -0.2) is 28.7 Å². The number of fused-ring (bicyclic) bond motifs is 12. The van der Waals surface area contributed by atoms with Crippen molar-refractivity contribution in [3.63, 3.8) is 0 Å². The number of benzene rings is 4. The molecule has 0 fully saturated rings. The number of para-hydroxylation sites is 1. The van der Waals surface area contributed by atoms with E-state index in [1.807, 2.05) is 41.2 Å². The van der Waals surface area contributed by atoms with Crippen LogP contribution in [0.4, 0.5) is 0 Å². The molecule has 44 heavy (non-hydrogen) atoms. The van der Waals surface area contributed by atoms with E-state index in [4.69, 9.17) is 9.72 Å². The number of nitrogens with zero attached hydrogens (tertiary/aromatic N) is 6. The monoisotopic (exact) mass is 749 g/mol. The summed E-state index contributed by atoms with van der Waals surface area (Å²) in [4.78, 5) is 18.4. The molecule has 9 aromatic rings. The number of imidazole rings is 2. The summed E-state index contributed by atoms with van der Waals surface area (Å²) in [5.74, 6) is 1.15. The molecule has 5 aromatic heterocycles. The zero-order valence-electron chi connectivity index (χ0n) is 23.6. The van der Waals surface area contributed by atoms with Crippen molar-refractivity contribution in [3.05, 3.63) is 121 Å². The molecular formula is C36H22N6OPt. The number of rotatable bonds is 3. The molecule has 0 bridgehead atoms. The van der Waals surface area contributed by atoms with Crippen LogP contribution < -0.4 is 4.74 Å². The van der Waals surface area contributed by atoms with Gasteiger partial charge in [0, 0.05) is 59.8 Å². The van der Waals surface area contributed by atoms with Crippen LogP contribution in [0.1, 0.15) is 11.1 Å². The molecule has 0 atom stereocenters. The summed E-state index contributed by atoms with van der Waals surface area (Å²) in [6, 6.07) is 27.8. The van der Waals surface area contributed by atoms with Crippen molar-refractivity contribution in [2.24, 2.45) is 0 Å². The van der Waals surface area contributed by atoms with E-state index in [9.17, 15) is 0 Å². The summed E-state index contributed by atoms with van der Waals surface area (Å²) in [6.45, 7) is 4.34. The largest absolute Gasteiger partial charge is 2.00 e. The average Bonchev–Trinajstić information content (AvgIpc) is 3.72. The van der Waals surface area contributed by atoms with Crippen molar-refractivity contribution in [2.75, 3.05) is 0 Å². The van der Waals surface area contributed by atoms with Crippen LogP contribution in [-0.2, 0) is 21.1 Å². The third kappa shape index (κ3) is 3.79. The fourth-order valence-corrected chi connectivity index (χ4v) is 6.45. The second kappa shape index (κ2) is 9.97. The molecule has 9 rings (SSSR count). The Morgan fingerprint density at radius 1 is 0.591 bits per heavy atom. The van der Waals surface area contributed by atoms with Crippen molar-refractivity contribution in [3.8, 4) is 22.6 Å². The number of aromatic nitrogens is 6. The molecule has 4 aromatic carbocycles. The quantitative estimate of drug-likeness (QED) is 0.135. The van der Waals surface area contributed by atoms with Crippen LogP contribution >= 0.6 is 0 Å². The second-order valence-electron chi connectivity index (χ2n) is 10.8. The molecule has 0 amide bonds. The molecule has 0 saturated carbocycles. The number of ether oxygens (including phenoxy) is 1. The molecule has 0 aliphatic carbocycles. The Hall–Kier alpha value is -5.13. The maximum absolute atomic E-state index is 6.37. The molecule has 0 N–H and O–H groups in total. The summed E-state index contributed by atoms with van der Waals surface area (Å²) in [7, 11) is 0. The molecule has 7 nitrogen and oxygen atoms in total. The van der Waals surface area contributed by atoms with Crippen LogP contribution in [0.2, 0.25) is 0 Å². The minimum absolute atomic E-state index is 0. The molecule has 8 heteroatoms. The summed E-state index contributed by atoms with van der Waals surface area (Å²) in [6.07, 6.45) is 10.9. The van der Waals surface area contributed by atoms with Crippen molar-refractivity contribution >= 4 is 54.9 Å². The third-order valence-electron chi connectivity index (χ3n) is 8.27. The van der Waals surface area contributed by atoms with Crippen LogP contribution in [0.3, 0.4) is 0 Å². The molecule has 0 aliphatic heterocycles. The van der Waals surface area contributed by atoms with Gasteiger partial charge in [0.2, 0.25) is 0 Å². The third-order valence-corrected chi connectivity index (χ3v) is 8.27. The Morgan fingerprint density at radius 2 is 1.20 bits per heavy atom. The minimum Gasteiger partial charge on any atom is -0.497 e. The van der Waals surface area contributed by atoms with Gasteiger partial charge >= 0.3 is 21.1 Å². The van der Waals surface area contributed by atoms with Crippen molar-refractivity contribution in [1.82, 2.24) is 28.7 Å². The Morgan fingerprint density at radius 3 is 1.98 bits per heavy atom. The Balaban J connectivity index is 0.00000289. The van der Waals surface area contributed by atoms with E-state index in [0.717, 1.165) is 54.9 Å². The summed E-state index contributed by atoms with van der Waals surface area (Å²) in [5.41, 5.74) is 9.19. The average molecular weight is 750 g/mol. The van der Waals surface area contributed by atoms with E-state index in [1.165, 1.54) is 22.3 Å². The SMILES string of the molecule is Cc1cccc(C)c1-c1cccc2c3ccc(Oc4[c-]c5c(cc4)c4nccnc4n4ccnc54)[c-]c3c3nccn3c12.[Pt+2]. The molecule has 212 valence electrons. The minimum atomic E-state index is 0. The molecule has 0 radical (unpaired) electrons. The van der Waals surface area contributed by atoms with Gasteiger partial charge in [-0.2, -0.15) is 0 Å². The second-order valence-corrected chi connectivity index (χ2v) is 10.8. The zero-order valence-corrected chi connectivity index (χ0v) is 25.9. The van der Waals surface area contributed by atoms with Gasteiger partial charge in [-0.05, 0) is 35.9 Å². The molecule has 0 unspecified atom stereocenters. The number of hydrogen-bond donors (Lipinski definition) is 0. The predicted molar refractivity (Wildman–Crippen MR) is 169 cm³/mol.